The van der Waals surface area contributed by atoms with Crippen molar-refractivity contribution in [3.05, 3.63) is 96.3 Å². The van der Waals surface area contributed by atoms with E-state index in [1.54, 1.807) is 42.5 Å². The Bertz CT molecular complexity index is 1190. The van der Waals surface area contributed by atoms with Crippen molar-refractivity contribution in [1.82, 2.24) is 0 Å². The summed E-state index contributed by atoms with van der Waals surface area (Å²) in [7, 11) is 0. The van der Waals surface area contributed by atoms with Crippen molar-refractivity contribution in [3.8, 4) is 17.2 Å². The molecule has 1 aliphatic carbocycles. The number of ketones is 1. The summed E-state index contributed by atoms with van der Waals surface area (Å²) in [5.41, 5.74) is 3.23. The molecule has 0 unspecified atom stereocenters. The number of carbonyl (C=O) groups is 1. The third-order valence-corrected chi connectivity index (χ3v) is 4.49. The lowest BCUT2D eigenvalue weighted by Gasteiger charge is -2.18. The topological polar surface area (TPSA) is 114 Å². The van der Waals surface area contributed by atoms with E-state index in [4.69, 9.17) is 0 Å². The molecule has 5 N–H and O–H groups in total. The molecule has 0 aliphatic heterocycles. The minimum absolute atomic E-state index is 0.129. The smallest absolute Gasteiger partial charge is 0.204 e. The van der Waals surface area contributed by atoms with Crippen molar-refractivity contribution in [2.45, 2.75) is 0 Å². The lowest BCUT2D eigenvalue weighted by atomic mass is 10.0. The quantitative estimate of drug-likeness (QED) is 0.312. The summed E-state index contributed by atoms with van der Waals surface area (Å²) in [6.45, 7) is 0. The molecule has 4 rings (SSSR count). The number of rotatable bonds is 5. The van der Waals surface area contributed by atoms with E-state index in [0.29, 0.717) is 34.2 Å². The summed E-state index contributed by atoms with van der Waals surface area (Å²) in [6.07, 6.45) is 3.07. The molecule has 0 fully saturated rings. The van der Waals surface area contributed by atoms with Gasteiger partial charge >= 0.3 is 0 Å². The molecule has 0 radical (unpaired) electrons. The Balaban J connectivity index is 1.68. The Hall–Kier alpha value is -4.52. The Morgan fingerprint density at radius 1 is 0.581 bits per heavy atom. The Morgan fingerprint density at radius 2 is 1.03 bits per heavy atom. The fraction of sp³-hybridized carbons (Fsp3) is 0. The SMILES string of the molecule is O=C1C=C(Nc2ccc(O)cc2)/C(=N\c2ccc(O)cc2)C=C1Nc1ccc(O)cc1. The number of hydrogen-bond acceptors (Lipinski definition) is 7. The number of nitrogens with one attached hydrogen (secondary N) is 2. The molecule has 7 nitrogen and oxygen atoms in total. The van der Waals surface area contributed by atoms with Crippen LogP contribution in [0.5, 0.6) is 17.2 Å². The Morgan fingerprint density at radius 3 is 1.55 bits per heavy atom. The lowest BCUT2D eigenvalue weighted by Crippen LogP contribution is -2.22. The fourth-order valence-corrected chi connectivity index (χ4v) is 2.93. The molecule has 3 aromatic carbocycles. The third-order valence-electron chi connectivity index (χ3n) is 4.49. The minimum atomic E-state index is -0.251. The van der Waals surface area contributed by atoms with Gasteiger partial charge in [-0.25, -0.2) is 4.99 Å². The maximum atomic E-state index is 12.7. The molecule has 1 aliphatic rings. The monoisotopic (exact) mass is 413 g/mol. The van der Waals surface area contributed by atoms with Gasteiger partial charge in [-0.1, -0.05) is 0 Å². The number of phenols is 3. The average molecular weight is 413 g/mol. The van der Waals surface area contributed by atoms with E-state index in [1.165, 1.54) is 42.5 Å². The molecule has 3 aromatic rings. The second kappa shape index (κ2) is 8.46. The summed E-state index contributed by atoms with van der Waals surface area (Å²) in [5, 5.41) is 34.7. The first-order valence-electron chi connectivity index (χ1n) is 9.44. The van der Waals surface area contributed by atoms with Crippen LogP contribution >= 0.6 is 0 Å². The molecule has 0 bridgehead atoms. The molecule has 0 heterocycles. The van der Waals surface area contributed by atoms with E-state index in [2.05, 4.69) is 15.6 Å². The number of benzene rings is 3. The van der Waals surface area contributed by atoms with Crippen LogP contribution in [0.25, 0.3) is 0 Å². The molecule has 0 saturated carbocycles. The van der Waals surface area contributed by atoms with E-state index in [1.807, 2.05) is 0 Å². The van der Waals surface area contributed by atoms with Crippen molar-refractivity contribution in [2.75, 3.05) is 10.6 Å². The van der Waals surface area contributed by atoms with Gasteiger partial charge in [0.25, 0.3) is 0 Å². The lowest BCUT2D eigenvalue weighted by molar-refractivity contribution is -0.111. The van der Waals surface area contributed by atoms with E-state index in [9.17, 15) is 20.1 Å². The zero-order valence-corrected chi connectivity index (χ0v) is 16.3. The van der Waals surface area contributed by atoms with Crippen molar-refractivity contribution >= 4 is 28.6 Å². The van der Waals surface area contributed by atoms with Gasteiger partial charge in [0, 0.05) is 17.5 Å². The van der Waals surface area contributed by atoms with Crippen molar-refractivity contribution < 1.29 is 20.1 Å². The van der Waals surface area contributed by atoms with Crippen LogP contribution in [0.15, 0.2) is 101 Å². The first kappa shape index (κ1) is 19.8. The molecule has 7 heteroatoms. The standard InChI is InChI=1S/C24H19N3O4/c28-18-7-1-15(2-8-18)25-21-13-23(27-17-5-11-20(30)12-6-17)24(31)14-22(21)26-16-3-9-19(29)10-4-16/h1-14,26-30H/b25-21-. The van der Waals surface area contributed by atoms with Gasteiger partial charge in [0.15, 0.2) is 0 Å². The summed E-state index contributed by atoms with van der Waals surface area (Å²) in [5.74, 6) is 0.145. The van der Waals surface area contributed by atoms with Crippen molar-refractivity contribution in [1.29, 1.82) is 0 Å². The van der Waals surface area contributed by atoms with E-state index < -0.39 is 0 Å². The molecule has 0 atom stereocenters. The summed E-state index contributed by atoms with van der Waals surface area (Å²) in [6, 6.07) is 19.2. The van der Waals surface area contributed by atoms with Gasteiger partial charge in [0.05, 0.1) is 22.8 Å². The van der Waals surface area contributed by atoms with Gasteiger partial charge in [0.2, 0.25) is 5.78 Å². The highest BCUT2D eigenvalue weighted by Crippen LogP contribution is 2.24. The summed E-state index contributed by atoms with van der Waals surface area (Å²) >= 11 is 0. The molecule has 0 amide bonds. The van der Waals surface area contributed by atoms with Gasteiger partial charge in [-0.3, -0.25) is 4.79 Å². The minimum Gasteiger partial charge on any atom is -0.508 e. The predicted octanol–water partition coefficient (Wildman–Crippen LogP) is 4.45. The highest BCUT2D eigenvalue weighted by atomic mass is 16.3. The van der Waals surface area contributed by atoms with Gasteiger partial charge in [-0.2, -0.15) is 0 Å². The molecule has 0 aromatic heterocycles. The van der Waals surface area contributed by atoms with Crippen LogP contribution in [0, 0.1) is 0 Å². The van der Waals surface area contributed by atoms with Gasteiger partial charge in [-0.15, -0.1) is 0 Å². The molecule has 154 valence electrons. The molecular formula is C24H19N3O4. The van der Waals surface area contributed by atoms with Crippen LogP contribution in [-0.4, -0.2) is 26.8 Å². The van der Waals surface area contributed by atoms with Gasteiger partial charge in [0.1, 0.15) is 17.2 Å². The van der Waals surface area contributed by atoms with Gasteiger partial charge < -0.3 is 26.0 Å². The Labute approximate surface area is 178 Å². The van der Waals surface area contributed by atoms with Gasteiger partial charge in [-0.05, 0) is 78.9 Å². The molecular weight excluding hydrogens is 394 g/mol. The van der Waals surface area contributed by atoms with Crippen LogP contribution < -0.4 is 10.6 Å². The first-order chi connectivity index (χ1) is 15.0. The number of hydrogen-bond donors (Lipinski definition) is 5. The highest BCUT2D eigenvalue weighted by molar-refractivity contribution is 6.24. The van der Waals surface area contributed by atoms with Crippen LogP contribution in [0.2, 0.25) is 0 Å². The maximum Gasteiger partial charge on any atom is 0.204 e. The number of aliphatic imine (C=N–C) groups is 1. The maximum absolute atomic E-state index is 12.7. The second-order valence-corrected chi connectivity index (χ2v) is 6.84. The summed E-state index contributed by atoms with van der Waals surface area (Å²) in [4.78, 5) is 17.3. The Kier molecular flexibility index (Phi) is 5.40. The van der Waals surface area contributed by atoms with Crippen LogP contribution in [-0.2, 0) is 4.79 Å². The number of allylic oxidation sites excluding steroid dienone is 2. The third kappa shape index (κ3) is 4.91. The number of nitrogens with zero attached hydrogens (tertiary/aromatic N) is 1. The largest absolute Gasteiger partial charge is 0.508 e. The zero-order chi connectivity index (χ0) is 21.8. The number of carbonyl (C=O) groups excluding carboxylic acids is 1. The zero-order valence-electron chi connectivity index (χ0n) is 16.3. The van der Waals surface area contributed by atoms with Crippen molar-refractivity contribution in [3.63, 3.8) is 0 Å². The van der Waals surface area contributed by atoms with Crippen molar-refractivity contribution in [2.24, 2.45) is 4.99 Å². The normalized spacial score (nSPS) is 14.7. The molecule has 0 saturated heterocycles. The molecule has 31 heavy (non-hydrogen) atoms. The van der Waals surface area contributed by atoms with Crippen LogP contribution in [0.1, 0.15) is 0 Å². The highest BCUT2D eigenvalue weighted by Gasteiger charge is 2.20. The van der Waals surface area contributed by atoms with E-state index in [0.717, 1.165) is 0 Å². The number of aromatic hydroxyl groups is 3. The first-order valence-corrected chi connectivity index (χ1v) is 9.44. The van der Waals surface area contributed by atoms with E-state index >= 15 is 0 Å². The predicted molar refractivity (Wildman–Crippen MR) is 120 cm³/mol. The van der Waals surface area contributed by atoms with E-state index in [-0.39, 0.29) is 23.0 Å². The van der Waals surface area contributed by atoms with Crippen LogP contribution in [0.3, 0.4) is 0 Å². The molecule has 0 spiro atoms. The number of anilines is 2. The van der Waals surface area contributed by atoms with Crippen LogP contribution in [0.4, 0.5) is 17.1 Å². The number of phenolic OH excluding ortho intramolecular Hbond substituents is 3. The summed E-state index contributed by atoms with van der Waals surface area (Å²) < 4.78 is 0. The average Bonchev–Trinajstić information content (AvgIpc) is 2.76. The second-order valence-electron chi connectivity index (χ2n) is 6.84. The fourth-order valence-electron chi connectivity index (χ4n) is 2.93.